The zero-order chi connectivity index (χ0) is 14.3. The summed E-state index contributed by atoms with van der Waals surface area (Å²) in [7, 11) is 0. The molecule has 112 valence electrons. The Morgan fingerprint density at radius 3 is 2.32 bits per heavy atom. The summed E-state index contributed by atoms with van der Waals surface area (Å²) < 4.78 is 10.4. The number of rotatable bonds is 12. The van der Waals surface area contributed by atoms with Crippen LogP contribution >= 0.6 is 0 Å². The Bertz CT molecular complexity index is 248. The monoisotopic (exact) mass is 276 g/mol. The first-order chi connectivity index (χ1) is 9.16. The van der Waals surface area contributed by atoms with E-state index in [0.717, 1.165) is 0 Å². The molecule has 7 heteroatoms. The summed E-state index contributed by atoms with van der Waals surface area (Å²) in [6.07, 6.45) is 0.867. The fourth-order valence-electron chi connectivity index (χ4n) is 1.18. The zero-order valence-electron chi connectivity index (χ0n) is 11.4. The Balaban J connectivity index is 3.13. The maximum absolute atomic E-state index is 11.2. The van der Waals surface area contributed by atoms with Gasteiger partial charge in [0.15, 0.2) is 0 Å². The van der Waals surface area contributed by atoms with Crippen molar-refractivity contribution in [3.8, 4) is 0 Å². The molecule has 2 amide bonds. The molecule has 0 fully saturated rings. The Kier molecular flexibility index (Phi) is 12.4. The van der Waals surface area contributed by atoms with Gasteiger partial charge in [0.2, 0.25) is 11.8 Å². The van der Waals surface area contributed by atoms with E-state index in [2.05, 4.69) is 10.6 Å². The molecule has 0 aliphatic heterocycles. The summed E-state index contributed by atoms with van der Waals surface area (Å²) in [5.41, 5.74) is 0. The van der Waals surface area contributed by atoms with E-state index in [4.69, 9.17) is 14.6 Å². The van der Waals surface area contributed by atoms with E-state index in [1.54, 1.807) is 0 Å². The van der Waals surface area contributed by atoms with Crippen LogP contribution in [0.4, 0.5) is 0 Å². The Morgan fingerprint density at radius 2 is 1.68 bits per heavy atom. The van der Waals surface area contributed by atoms with Crippen LogP contribution in [-0.2, 0) is 19.1 Å². The van der Waals surface area contributed by atoms with Crippen molar-refractivity contribution < 1.29 is 24.2 Å². The molecule has 0 unspecified atom stereocenters. The molecular weight excluding hydrogens is 252 g/mol. The minimum absolute atomic E-state index is 0.0760. The van der Waals surface area contributed by atoms with Crippen molar-refractivity contribution in [2.75, 3.05) is 46.1 Å². The number of carbonyl (C=O) groups excluding carboxylic acids is 2. The van der Waals surface area contributed by atoms with E-state index < -0.39 is 0 Å². The molecule has 0 radical (unpaired) electrons. The smallest absolute Gasteiger partial charge is 0.222 e. The topological polar surface area (TPSA) is 96.9 Å². The molecule has 0 aromatic carbocycles. The third-order valence-electron chi connectivity index (χ3n) is 2.12. The molecule has 19 heavy (non-hydrogen) atoms. The van der Waals surface area contributed by atoms with E-state index in [1.165, 1.54) is 6.92 Å². The fraction of sp³-hybridized carbons (Fsp3) is 0.833. The van der Waals surface area contributed by atoms with Gasteiger partial charge in [-0.1, -0.05) is 0 Å². The normalized spacial score (nSPS) is 10.2. The quantitative estimate of drug-likeness (QED) is 0.399. The second-order valence-corrected chi connectivity index (χ2v) is 3.88. The highest BCUT2D eigenvalue weighted by atomic mass is 16.5. The molecule has 0 rings (SSSR count). The van der Waals surface area contributed by atoms with Crippen LogP contribution in [0.2, 0.25) is 0 Å². The van der Waals surface area contributed by atoms with Gasteiger partial charge in [-0.05, 0) is 6.42 Å². The van der Waals surface area contributed by atoms with Gasteiger partial charge < -0.3 is 25.2 Å². The number of hydrogen-bond acceptors (Lipinski definition) is 5. The average Bonchev–Trinajstić information content (AvgIpc) is 2.36. The highest BCUT2D eigenvalue weighted by molar-refractivity contribution is 5.75. The van der Waals surface area contributed by atoms with E-state index >= 15 is 0 Å². The highest BCUT2D eigenvalue weighted by Gasteiger charge is 2.00. The second-order valence-electron chi connectivity index (χ2n) is 3.88. The number of amides is 2. The molecule has 0 saturated carbocycles. The van der Waals surface area contributed by atoms with Gasteiger partial charge in [0.1, 0.15) is 0 Å². The van der Waals surface area contributed by atoms with Gasteiger partial charge in [-0.25, -0.2) is 0 Å². The molecule has 3 N–H and O–H groups in total. The number of carbonyl (C=O) groups is 2. The summed E-state index contributed by atoms with van der Waals surface area (Å²) in [6, 6.07) is 0. The van der Waals surface area contributed by atoms with E-state index in [0.29, 0.717) is 52.4 Å². The number of aliphatic hydroxyl groups is 1. The Hall–Kier alpha value is -1.18. The fourth-order valence-corrected chi connectivity index (χ4v) is 1.18. The molecule has 7 nitrogen and oxygen atoms in total. The summed E-state index contributed by atoms with van der Waals surface area (Å²) in [5, 5.41) is 13.8. The maximum Gasteiger partial charge on any atom is 0.222 e. The molecule has 0 saturated heterocycles. The summed E-state index contributed by atoms with van der Waals surface area (Å²) in [6.45, 7) is 4.16. The van der Waals surface area contributed by atoms with Crippen LogP contribution in [-0.4, -0.2) is 63.0 Å². The van der Waals surface area contributed by atoms with Gasteiger partial charge in [0.25, 0.3) is 0 Å². The van der Waals surface area contributed by atoms with Crippen LogP contribution in [0.3, 0.4) is 0 Å². The molecule has 0 aromatic heterocycles. The number of ether oxygens (including phenoxy) is 2. The zero-order valence-corrected chi connectivity index (χ0v) is 11.4. The molecule has 0 aliphatic carbocycles. The van der Waals surface area contributed by atoms with Gasteiger partial charge in [-0.15, -0.1) is 0 Å². The lowest BCUT2D eigenvalue weighted by atomic mass is 10.4. The third kappa shape index (κ3) is 14.8. The first kappa shape index (κ1) is 17.8. The van der Waals surface area contributed by atoms with Crippen molar-refractivity contribution in [3.05, 3.63) is 0 Å². The number of aliphatic hydroxyl groups excluding tert-OH is 1. The predicted octanol–water partition coefficient (Wildman–Crippen LogP) is -0.956. The molecule has 0 bridgehead atoms. The molecular formula is C12H24N2O5. The van der Waals surface area contributed by atoms with Gasteiger partial charge in [-0.2, -0.15) is 0 Å². The first-order valence-electron chi connectivity index (χ1n) is 6.44. The van der Waals surface area contributed by atoms with Crippen LogP contribution in [0.5, 0.6) is 0 Å². The van der Waals surface area contributed by atoms with Crippen molar-refractivity contribution in [1.29, 1.82) is 0 Å². The van der Waals surface area contributed by atoms with Gasteiger partial charge in [0, 0.05) is 33.0 Å². The van der Waals surface area contributed by atoms with Crippen molar-refractivity contribution in [1.82, 2.24) is 10.6 Å². The molecule has 0 aliphatic rings. The van der Waals surface area contributed by atoms with Crippen molar-refractivity contribution in [2.45, 2.75) is 19.8 Å². The van der Waals surface area contributed by atoms with Crippen LogP contribution in [0.15, 0.2) is 0 Å². The second kappa shape index (κ2) is 13.3. The van der Waals surface area contributed by atoms with Crippen LogP contribution < -0.4 is 10.6 Å². The summed E-state index contributed by atoms with van der Waals surface area (Å²) in [4.78, 5) is 21.7. The van der Waals surface area contributed by atoms with Gasteiger partial charge in [0.05, 0.1) is 26.4 Å². The SMILES string of the molecule is CC(=O)NCCOCCOCCC(=O)NCCCO. The predicted molar refractivity (Wildman–Crippen MR) is 69.7 cm³/mol. The standard InChI is InChI=1S/C12H24N2O5/c1-11(16)13-5-8-19-10-9-18-7-3-12(17)14-4-2-6-15/h15H,2-10H2,1H3,(H,13,16)(H,14,17). The largest absolute Gasteiger partial charge is 0.396 e. The van der Waals surface area contributed by atoms with Crippen LogP contribution in [0.25, 0.3) is 0 Å². The summed E-state index contributed by atoms with van der Waals surface area (Å²) >= 11 is 0. The van der Waals surface area contributed by atoms with Gasteiger partial charge in [-0.3, -0.25) is 9.59 Å². The molecule has 0 aromatic rings. The molecule has 0 spiro atoms. The van der Waals surface area contributed by atoms with Crippen LogP contribution in [0.1, 0.15) is 19.8 Å². The maximum atomic E-state index is 11.2. The summed E-state index contributed by atoms with van der Waals surface area (Å²) in [5.74, 6) is -0.160. The molecule has 0 heterocycles. The Morgan fingerprint density at radius 1 is 1.00 bits per heavy atom. The Labute approximate surface area is 113 Å². The minimum Gasteiger partial charge on any atom is -0.396 e. The van der Waals surface area contributed by atoms with E-state index in [-0.39, 0.29) is 18.4 Å². The van der Waals surface area contributed by atoms with E-state index in [9.17, 15) is 9.59 Å². The van der Waals surface area contributed by atoms with Crippen molar-refractivity contribution in [2.24, 2.45) is 0 Å². The third-order valence-corrected chi connectivity index (χ3v) is 2.12. The molecule has 0 atom stereocenters. The van der Waals surface area contributed by atoms with Crippen molar-refractivity contribution >= 4 is 11.8 Å². The lowest BCUT2D eigenvalue weighted by Crippen LogP contribution is -2.26. The average molecular weight is 276 g/mol. The minimum atomic E-state index is -0.0833. The lowest BCUT2D eigenvalue weighted by Gasteiger charge is -2.06. The van der Waals surface area contributed by atoms with E-state index in [1.807, 2.05) is 0 Å². The lowest BCUT2D eigenvalue weighted by molar-refractivity contribution is -0.122. The van der Waals surface area contributed by atoms with Gasteiger partial charge >= 0.3 is 0 Å². The number of nitrogens with one attached hydrogen (secondary N) is 2. The number of hydrogen-bond donors (Lipinski definition) is 3. The first-order valence-corrected chi connectivity index (χ1v) is 6.44. The highest BCUT2D eigenvalue weighted by Crippen LogP contribution is 1.85. The van der Waals surface area contributed by atoms with Crippen LogP contribution in [0, 0.1) is 0 Å². The van der Waals surface area contributed by atoms with Crippen molar-refractivity contribution in [3.63, 3.8) is 0 Å².